The summed E-state index contributed by atoms with van der Waals surface area (Å²) in [6.07, 6.45) is 1.71. The second-order valence-corrected chi connectivity index (χ2v) is 6.24. The fourth-order valence-corrected chi connectivity index (χ4v) is 3.10. The molecule has 5 heteroatoms. The van der Waals surface area contributed by atoms with Crippen LogP contribution in [0.25, 0.3) is 0 Å². The predicted molar refractivity (Wildman–Crippen MR) is 66.7 cm³/mol. The van der Waals surface area contributed by atoms with Gasteiger partial charge in [0.25, 0.3) is 0 Å². The van der Waals surface area contributed by atoms with Crippen molar-refractivity contribution in [1.29, 1.82) is 0 Å². The molecule has 0 aliphatic rings. The van der Waals surface area contributed by atoms with E-state index < -0.39 is 21.1 Å². The van der Waals surface area contributed by atoms with Gasteiger partial charge in [-0.3, -0.25) is 0 Å². The second-order valence-electron chi connectivity index (χ2n) is 3.97. The van der Waals surface area contributed by atoms with Gasteiger partial charge in [-0.15, -0.1) is 0 Å². The number of hydrogen-bond donors (Lipinski definition) is 2. The van der Waals surface area contributed by atoms with Crippen molar-refractivity contribution in [1.82, 2.24) is 0 Å². The van der Waals surface area contributed by atoms with Crippen LogP contribution in [0.5, 0.6) is 0 Å². The fourth-order valence-electron chi connectivity index (χ4n) is 1.80. The highest BCUT2D eigenvalue weighted by atomic mass is 32.2. The third-order valence-electron chi connectivity index (χ3n) is 2.65. The molecule has 0 amide bonds. The summed E-state index contributed by atoms with van der Waals surface area (Å²) in [6.45, 7) is 1.82. The van der Waals surface area contributed by atoms with Crippen LogP contribution in [-0.4, -0.2) is 19.9 Å². The van der Waals surface area contributed by atoms with Gasteiger partial charge in [0.15, 0.2) is 9.84 Å². The summed E-state index contributed by atoms with van der Waals surface area (Å²) in [5.74, 6) is 0. The molecule has 90 valence electrons. The maximum Gasteiger partial charge on any atom is 0.152 e. The molecule has 0 aliphatic heterocycles. The number of anilines is 1. The molecule has 0 bridgehead atoms. The van der Waals surface area contributed by atoms with E-state index >= 15 is 0 Å². The molecular weight excluding hydrogens is 224 g/mol. The predicted octanol–water partition coefficient (Wildman–Crippen LogP) is 1.09. The molecule has 4 N–H and O–H groups in total. The van der Waals surface area contributed by atoms with Crippen molar-refractivity contribution in [2.45, 2.75) is 24.6 Å². The number of nitrogen functional groups attached to an aromatic ring is 1. The lowest BCUT2D eigenvalue weighted by Crippen LogP contribution is -2.32. The number of nitrogens with two attached hydrogens (primary N) is 2. The topological polar surface area (TPSA) is 86.2 Å². The van der Waals surface area contributed by atoms with Crippen LogP contribution in [0.2, 0.25) is 0 Å². The van der Waals surface area contributed by atoms with Gasteiger partial charge in [0, 0.05) is 18.0 Å². The van der Waals surface area contributed by atoms with Gasteiger partial charge in [0.05, 0.1) is 5.25 Å². The standard InChI is InChI=1S/C11H18N2O2S/c1-3-10(16(2,14)15)11(13)8-5-4-6-9(12)7-8/h4-7,10-11H,3,12-13H2,1-2H3/t10-,11+/m0/s1. The van der Waals surface area contributed by atoms with E-state index in [1.807, 2.05) is 6.92 Å². The van der Waals surface area contributed by atoms with Gasteiger partial charge in [0.2, 0.25) is 0 Å². The molecule has 16 heavy (non-hydrogen) atoms. The van der Waals surface area contributed by atoms with Crippen molar-refractivity contribution in [2.24, 2.45) is 5.73 Å². The molecule has 0 aromatic heterocycles. The number of hydrogen-bond acceptors (Lipinski definition) is 4. The van der Waals surface area contributed by atoms with Gasteiger partial charge in [0.1, 0.15) is 0 Å². The van der Waals surface area contributed by atoms with Crippen molar-refractivity contribution < 1.29 is 8.42 Å². The lowest BCUT2D eigenvalue weighted by molar-refractivity contribution is 0.553. The highest BCUT2D eigenvalue weighted by Gasteiger charge is 2.26. The van der Waals surface area contributed by atoms with Crippen LogP contribution in [0.1, 0.15) is 24.9 Å². The van der Waals surface area contributed by atoms with Gasteiger partial charge in [-0.05, 0) is 24.1 Å². The summed E-state index contributed by atoms with van der Waals surface area (Å²) >= 11 is 0. The first-order valence-electron chi connectivity index (χ1n) is 5.16. The van der Waals surface area contributed by atoms with Crippen LogP contribution < -0.4 is 11.5 Å². The summed E-state index contributed by atoms with van der Waals surface area (Å²) in [5, 5.41) is -0.561. The Morgan fingerprint density at radius 2 is 2.00 bits per heavy atom. The molecule has 0 unspecified atom stereocenters. The van der Waals surface area contributed by atoms with Gasteiger partial charge in [-0.25, -0.2) is 8.42 Å². The Labute approximate surface area is 96.6 Å². The van der Waals surface area contributed by atoms with Gasteiger partial charge < -0.3 is 11.5 Å². The monoisotopic (exact) mass is 242 g/mol. The van der Waals surface area contributed by atoms with E-state index in [2.05, 4.69) is 0 Å². The summed E-state index contributed by atoms with van der Waals surface area (Å²) in [5.41, 5.74) is 13.0. The molecule has 0 saturated carbocycles. The quantitative estimate of drug-likeness (QED) is 0.774. The Bertz CT molecular complexity index is 457. The molecule has 0 aliphatic carbocycles. The van der Waals surface area contributed by atoms with E-state index in [1.165, 1.54) is 6.26 Å². The van der Waals surface area contributed by atoms with E-state index in [0.29, 0.717) is 12.1 Å². The summed E-state index contributed by atoms with van der Waals surface area (Å²) in [7, 11) is -3.14. The molecule has 1 rings (SSSR count). The Hall–Kier alpha value is -1.07. The Balaban J connectivity index is 3.05. The minimum atomic E-state index is -3.14. The summed E-state index contributed by atoms with van der Waals surface area (Å²) in [6, 6.07) is 6.52. The third-order valence-corrected chi connectivity index (χ3v) is 4.37. The van der Waals surface area contributed by atoms with Crippen LogP contribution in [0.4, 0.5) is 5.69 Å². The first-order chi connectivity index (χ1) is 7.36. The lowest BCUT2D eigenvalue weighted by Gasteiger charge is -2.21. The SMILES string of the molecule is CC[C@@H]([C@H](N)c1cccc(N)c1)S(C)(=O)=O. The fraction of sp³-hybridized carbons (Fsp3) is 0.455. The Morgan fingerprint density at radius 1 is 1.38 bits per heavy atom. The van der Waals surface area contributed by atoms with E-state index in [4.69, 9.17) is 11.5 Å². The van der Waals surface area contributed by atoms with E-state index in [9.17, 15) is 8.42 Å². The molecule has 1 aromatic carbocycles. The average molecular weight is 242 g/mol. The molecule has 2 atom stereocenters. The molecule has 0 radical (unpaired) electrons. The molecule has 0 heterocycles. The third kappa shape index (κ3) is 2.96. The largest absolute Gasteiger partial charge is 0.399 e. The van der Waals surface area contributed by atoms with Gasteiger partial charge >= 0.3 is 0 Å². The number of rotatable bonds is 4. The molecular formula is C11H18N2O2S. The van der Waals surface area contributed by atoms with Crippen molar-refractivity contribution in [3.63, 3.8) is 0 Å². The summed E-state index contributed by atoms with van der Waals surface area (Å²) in [4.78, 5) is 0. The van der Waals surface area contributed by atoms with Gasteiger partial charge in [-0.2, -0.15) is 0 Å². The lowest BCUT2D eigenvalue weighted by atomic mass is 10.0. The second kappa shape index (κ2) is 4.84. The van der Waals surface area contributed by atoms with Crippen LogP contribution >= 0.6 is 0 Å². The molecule has 0 spiro atoms. The van der Waals surface area contributed by atoms with Crippen molar-refractivity contribution in [3.05, 3.63) is 29.8 Å². The molecule has 0 fully saturated rings. The number of sulfone groups is 1. The zero-order chi connectivity index (χ0) is 12.3. The maximum absolute atomic E-state index is 11.6. The first-order valence-corrected chi connectivity index (χ1v) is 7.11. The van der Waals surface area contributed by atoms with Crippen LogP contribution in [-0.2, 0) is 9.84 Å². The normalized spacial score (nSPS) is 15.7. The zero-order valence-electron chi connectivity index (χ0n) is 9.55. The van der Waals surface area contributed by atoms with E-state index in [-0.39, 0.29) is 0 Å². The minimum absolute atomic E-state index is 0.495. The smallest absolute Gasteiger partial charge is 0.152 e. The minimum Gasteiger partial charge on any atom is -0.399 e. The zero-order valence-corrected chi connectivity index (χ0v) is 10.4. The van der Waals surface area contributed by atoms with Crippen LogP contribution in [0.3, 0.4) is 0 Å². The molecule has 1 aromatic rings. The van der Waals surface area contributed by atoms with Crippen LogP contribution in [0, 0.1) is 0 Å². The van der Waals surface area contributed by atoms with E-state index in [1.54, 1.807) is 24.3 Å². The highest BCUT2D eigenvalue weighted by Crippen LogP contribution is 2.23. The van der Waals surface area contributed by atoms with Crippen molar-refractivity contribution >= 4 is 15.5 Å². The Kier molecular flexibility index (Phi) is 3.93. The summed E-state index contributed by atoms with van der Waals surface area (Å²) < 4.78 is 23.1. The maximum atomic E-state index is 11.6. The number of benzene rings is 1. The Morgan fingerprint density at radius 3 is 2.44 bits per heavy atom. The molecule has 4 nitrogen and oxygen atoms in total. The van der Waals surface area contributed by atoms with E-state index in [0.717, 1.165) is 5.56 Å². The van der Waals surface area contributed by atoms with Crippen LogP contribution in [0.15, 0.2) is 24.3 Å². The van der Waals surface area contributed by atoms with Crippen molar-refractivity contribution in [3.8, 4) is 0 Å². The molecule has 0 saturated heterocycles. The average Bonchev–Trinajstić information content (AvgIpc) is 2.16. The highest BCUT2D eigenvalue weighted by molar-refractivity contribution is 7.91. The van der Waals surface area contributed by atoms with Gasteiger partial charge in [-0.1, -0.05) is 19.1 Å². The first kappa shape index (κ1) is 13.0. The van der Waals surface area contributed by atoms with Crippen molar-refractivity contribution in [2.75, 3.05) is 12.0 Å².